The molecule has 0 aliphatic rings. The first-order chi connectivity index (χ1) is 12.5. The Kier molecular flexibility index (Phi) is 6.46. The second kappa shape index (κ2) is 8.57. The van der Waals surface area contributed by atoms with E-state index in [-0.39, 0.29) is 39.4 Å². The van der Waals surface area contributed by atoms with Gasteiger partial charge in [0.15, 0.2) is 11.5 Å². The van der Waals surface area contributed by atoms with Crippen LogP contribution in [-0.2, 0) is 14.6 Å². The van der Waals surface area contributed by atoms with Crippen LogP contribution < -0.4 is 20.1 Å². The maximum absolute atomic E-state index is 13.2. The highest BCUT2D eigenvalue weighted by Crippen LogP contribution is 2.41. The Balaban J connectivity index is 2.58. The highest BCUT2D eigenvalue weighted by molar-refractivity contribution is 7.91. The van der Waals surface area contributed by atoms with Crippen LogP contribution in [0.2, 0.25) is 0 Å². The van der Waals surface area contributed by atoms with Gasteiger partial charge in [-0.05, 0) is 31.2 Å². The first-order valence-electron chi connectivity index (χ1n) is 8.01. The number of nitrogens with one attached hydrogen (secondary N) is 2. The van der Waals surface area contributed by atoms with Crippen LogP contribution in [0.5, 0.6) is 11.5 Å². The van der Waals surface area contributed by atoms with Crippen LogP contribution in [0.25, 0.3) is 0 Å². The van der Waals surface area contributed by atoms with Gasteiger partial charge >= 0.3 is 0 Å². The van der Waals surface area contributed by atoms with Crippen LogP contribution in [-0.4, -0.2) is 41.6 Å². The van der Waals surface area contributed by atoms with Crippen LogP contribution in [0.15, 0.2) is 52.3 Å². The molecule has 26 heavy (non-hydrogen) atoms. The van der Waals surface area contributed by atoms with Gasteiger partial charge in [0.25, 0.3) is 0 Å². The number of anilines is 1. The molecule has 0 spiro atoms. The summed E-state index contributed by atoms with van der Waals surface area (Å²) >= 11 is 0. The molecule has 2 aromatic rings. The van der Waals surface area contributed by atoms with E-state index in [4.69, 9.17) is 9.47 Å². The third-order valence-electron chi connectivity index (χ3n) is 3.64. The Hall–Kier alpha value is -2.74. The van der Waals surface area contributed by atoms with Crippen molar-refractivity contribution >= 4 is 21.4 Å². The van der Waals surface area contributed by atoms with Crippen molar-refractivity contribution in [1.29, 1.82) is 0 Å². The molecule has 0 saturated carbocycles. The third kappa shape index (κ3) is 4.08. The molecule has 8 heteroatoms. The lowest BCUT2D eigenvalue weighted by Gasteiger charge is -2.18. The predicted molar refractivity (Wildman–Crippen MR) is 98.6 cm³/mol. The third-order valence-corrected chi connectivity index (χ3v) is 5.47. The SMILES string of the molecule is CCNC(=O)CNc1ccc(OC)c(OC)c1S(=O)(=O)c1ccccc1. The topological polar surface area (TPSA) is 93.7 Å². The Labute approximate surface area is 153 Å². The Bertz CT molecular complexity index is 867. The van der Waals surface area contributed by atoms with Crippen LogP contribution >= 0.6 is 0 Å². The number of hydrogen-bond donors (Lipinski definition) is 2. The average molecular weight is 378 g/mol. The van der Waals surface area contributed by atoms with E-state index < -0.39 is 9.84 Å². The number of ether oxygens (including phenoxy) is 2. The van der Waals surface area contributed by atoms with Crippen molar-refractivity contribution in [1.82, 2.24) is 5.32 Å². The number of benzene rings is 2. The number of amides is 1. The fourth-order valence-corrected chi connectivity index (χ4v) is 4.07. The Morgan fingerprint density at radius 2 is 1.73 bits per heavy atom. The van der Waals surface area contributed by atoms with E-state index in [1.54, 1.807) is 37.3 Å². The van der Waals surface area contributed by atoms with E-state index in [1.807, 2.05) is 0 Å². The summed E-state index contributed by atoms with van der Waals surface area (Å²) in [6, 6.07) is 11.2. The molecule has 2 rings (SSSR count). The molecule has 2 aromatic carbocycles. The number of carbonyl (C=O) groups is 1. The molecule has 0 radical (unpaired) electrons. The van der Waals surface area contributed by atoms with E-state index in [0.717, 1.165) is 0 Å². The summed E-state index contributed by atoms with van der Waals surface area (Å²) < 4.78 is 36.9. The zero-order valence-electron chi connectivity index (χ0n) is 14.9. The molecular formula is C18H22N2O5S. The van der Waals surface area contributed by atoms with E-state index in [1.165, 1.54) is 26.4 Å². The van der Waals surface area contributed by atoms with Gasteiger partial charge in [0.2, 0.25) is 15.7 Å². The van der Waals surface area contributed by atoms with Crippen LogP contribution in [0, 0.1) is 0 Å². The molecule has 140 valence electrons. The standard InChI is InChI=1S/C18H22N2O5S/c1-4-19-16(21)12-20-14-10-11-15(24-2)17(25-3)18(14)26(22,23)13-8-6-5-7-9-13/h5-11,20H,4,12H2,1-3H3,(H,19,21). The molecular weight excluding hydrogens is 356 g/mol. The van der Waals surface area contributed by atoms with Crippen LogP contribution in [0.4, 0.5) is 5.69 Å². The fraction of sp³-hybridized carbons (Fsp3) is 0.278. The van der Waals surface area contributed by atoms with Gasteiger partial charge < -0.3 is 20.1 Å². The molecule has 0 aliphatic heterocycles. The zero-order valence-corrected chi connectivity index (χ0v) is 15.7. The van der Waals surface area contributed by atoms with Gasteiger partial charge in [0.05, 0.1) is 31.3 Å². The summed E-state index contributed by atoms with van der Waals surface area (Å²) in [7, 11) is -1.10. The molecule has 7 nitrogen and oxygen atoms in total. The molecule has 0 unspecified atom stereocenters. The molecule has 2 N–H and O–H groups in total. The molecule has 0 atom stereocenters. The maximum Gasteiger partial charge on any atom is 0.239 e. The monoisotopic (exact) mass is 378 g/mol. The van der Waals surface area contributed by atoms with Gasteiger partial charge in [-0.3, -0.25) is 4.79 Å². The summed E-state index contributed by atoms with van der Waals surface area (Å²) in [6.45, 7) is 2.22. The molecule has 0 saturated heterocycles. The van der Waals surface area contributed by atoms with Gasteiger partial charge in [-0.1, -0.05) is 18.2 Å². The maximum atomic E-state index is 13.2. The van der Waals surface area contributed by atoms with Gasteiger partial charge in [-0.15, -0.1) is 0 Å². The van der Waals surface area contributed by atoms with Crippen LogP contribution in [0.3, 0.4) is 0 Å². The second-order valence-corrected chi connectivity index (χ2v) is 7.19. The summed E-state index contributed by atoms with van der Waals surface area (Å²) in [5, 5.41) is 5.52. The number of rotatable bonds is 8. The summed E-state index contributed by atoms with van der Waals surface area (Å²) in [5.41, 5.74) is 0.262. The minimum Gasteiger partial charge on any atom is -0.493 e. The van der Waals surface area contributed by atoms with Gasteiger partial charge in [0, 0.05) is 6.54 Å². The summed E-state index contributed by atoms with van der Waals surface area (Å²) in [5.74, 6) is 0.119. The molecule has 0 bridgehead atoms. The van der Waals surface area contributed by atoms with E-state index in [9.17, 15) is 13.2 Å². The fourth-order valence-electron chi connectivity index (χ4n) is 2.46. The molecule has 0 heterocycles. The van der Waals surface area contributed by atoms with Gasteiger partial charge in [-0.2, -0.15) is 0 Å². The first-order valence-corrected chi connectivity index (χ1v) is 9.49. The van der Waals surface area contributed by atoms with Crippen molar-refractivity contribution in [3.05, 3.63) is 42.5 Å². The zero-order chi connectivity index (χ0) is 19.2. The average Bonchev–Trinajstić information content (AvgIpc) is 2.66. The quantitative estimate of drug-likeness (QED) is 0.731. The number of sulfone groups is 1. The largest absolute Gasteiger partial charge is 0.493 e. The van der Waals surface area contributed by atoms with Crippen molar-refractivity contribution in [2.45, 2.75) is 16.7 Å². The highest BCUT2D eigenvalue weighted by atomic mass is 32.2. The van der Waals surface area contributed by atoms with Crippen molar-refractivity contribution in [2.75, 3.05) is 32.6 Å². The van der Waals surface area contributed by atoms with Gasteiger partial charge in [-0.25, -0.2) is 8.42 Å². The van der Waals surface area contributed by atoms with Crippen molar-refractivity contribution in [3.8, 4) is 11.5 Å². The highest BCUT2D eigenvalue weighted by Gasteiger charge is 2.28. The number of carbonyl (C=O) groups excluding carboxylic acids is 1. The predicted octanol–water partition coefficient (Wildman–Crippen LogP) is 2.08. The smallest absolute Gasteiger partial charge is 0.239 e. The van der Waals surface area contributed by atoms with Crippen molar-refractivity contribution in [3.63, 3.8) is 0 Å². The second-order valence-electron chi connectivity index (χ2n) is 5.30. The Morgan fingerprint density at radius 3 is 2.31 bits per heavy atom. The van der Waals surface area contributed by atoms with Crippen molar-refractivity contribution < 1.29 is 22.7 Å². The van der Waals surface area contributed by atoms with Crippen molar-refractivity contribution in [2.24, 2.45) is 0 Å². The molecule has 0 aliphatic carbocycles. The first kappa shape index (κ1) is 19.6. The number of hydrogen-bond acceptors (Lipinski definition) is 6. The lowest BCUT2D eigenvalue weighted by atomic mass is 10.2. The van der Waals surface area contributed by atoms with E-state index in [0.29, 0.717) is 6.54 Å². The minimum absolute atomic E-state index is 0.0688. The lowest BCUT2D eigenvalue weighted by molar-refractivity contribution is -0.119. The van der Waals surface area contributed by atoms with Crippen LogP contribution in [0.1, 0.15) is 6.92 Å². The van der Waals surface area contributed by atoms with E-state index in [2.05, 4.69) is 10.6 Å². The normalized spacial score (nSPS) is 10.9. The summed E-state index contributed by atoms with van der Waals surface area (Å²) in [6.07, 6.45) is 0. The summed E-state index contributed by atoms with van der Waals surface area (Å²) in [4.78, 5) is 11.8. The number of likely N-dealkylation sites (N-methyl/N-ethyl adjacent to an activating group) is 1. The minimum atomic E-state index is -3.90. The number of methoxy groups -OCH3 is 2. The Morgan fingerprint density at radius 1 is 1.04 bits per heavy atom. The lowest BCUT2D eigenvalue weighted by Crippen LogP contribution is -2.29. The molecule has 0 aromatic heterocycles. The van der Waals surface area contributed by atoms with E-state index >= 15 is 0 Å². The molecule has 0 fully saturated rings. The van der Waals surface area contributed by atoms with Gasteiger partial charge in [0.1, 0.15) is 4.90 Å². The molecule has 1 amide bonds.